The van der Waals surface area contributed by atoms with Crippen LogP contribution in [0, 0.1) is 11.3 Å². The van der Waals surface area contributed by atoms with Crippen molar-refractivity contribution in [3.8, 4) is 11.8 Å². The third-order valence-electron chi connectivity index (χ3n) is 2.28. The van der Waals surface area contributed by atoms with Crippen LogP contribution in [0.3, 0.4) is 0 Å². The van der Waals surface area contributed by atoms with Gasteiger partial charge in [0.2, 0.25) is 0 Å². The van der Waals surface area contributed by atoms with Crippen LogP contribution in [0.5, 0.6) is 5.75 Å². The lowest BCUT2D eigenvalue weighted by atomic mass is 9.99. The summed E-state index contributed by atoms with van der Waals surface area (Å²) in [6, 6.07) is 6.39. The molecule has 0 saturated carbocycles. The number of benzene rings is 1. The highest BCUT2D eigenvalue weighted by Crippen LogP contribution is 2.24. The van der Waals surface area contributed by atoms with Crippen LogP contribution in [0.4, 0.5) is 0 Å². The van der Waals surface area contributed by atoms with Gasteiger partial charge in [0.1, 0.15) is 11.8 Å². The van der Waals surface area contributed by atoms with Crippen molar-refractivity contribution in [2.24, 2.45) is 0 Å². The van der Waals surface area contributed by atoms with Crippen molar-refractivity contribution >= 4 is 5.97 Å². The Bertz CT molecular complexity index is 434. The SMILES string of the molecule is CCOC(=O)C(C)c1ccc(C#N)c(O)c1. The smallest absolute Gasteiger partial charge is 0.313 e. The van der Waals surface area contributed by atoms with Gasteiger partial charge in [-0.3, -0.25) is 4.79 Å². The first-order valence-electron chi connectivity index (χ1n) is 4.99. The molecule has 0 saturated heterocycles. The van der Waals surface area contributed by atoms with Crippen LogP contribution in [0.25, 0.3) is 0 Å². The van der Waals surface area contributed by atoms with Crippen LogP contribution >= 0.6 is 0 Å². The molecule has 0 bridgehead atoms. The summed E-state index contributed by atoms with van der Waals surface area (Å²) in [5.74, 6) is -0.902. The van der Waals surface area contributed by atoms with E-state index in [1.807, 2.05) is 6.07 Å². The van der Waals surface area contributed by atoms with Gasteiger partial charge < -0.3 is 9.84 Å². The average molecular weight is 219 g/mol. The van der Waals surface area contributed by atoms with Gasteiger partial charge in [0.05, 0.1) is 18.1 Å². The van der Waals surface area contributed by atoms with E-state index in [9.17, 15) is 9.90 Å². The second kappa shape index (κ2) is 5.17. The molecule has 1 aromatic rings. The number of phenolic OH excluding ortho intramolecular Hbond substituents is 1. The Labute approximate surface area is 94.1 Å². The minimum Gasteiger partial charge on any atom is -0.507 e. The zero-order valence-electron chi connectivity index (χ0n) is 9.23. The second-order valence-corrected chi connectivity index (χ2v) is 3.36. The van der Waals surface area contributed by atoms with E-state index in [4.69, 9.17) is 10.00 Å². The molecular formula is C12H13NO3. The number of aromatic hydroxyl groups is 1. The molecule has 1 N–H and O–H groups in total. The van der Waals surface area contributed by atoms with Gasteiger partial charge in [0.15, 0.2) is 0 Å². The van der Waals surface area contributed by atoms with Crippen molar-refractivity contribution in [2.45, 2.75) is 19.8 Å². The molecule has 0 aliphatic heterocycles. The number of rotatable bonds is 3. The van der Waals surface area contributed by atoms with E-state index in [1.54, 1.807) is 19.9 Å². The Hall–Kier alpha value is -2.02. The number of hydrogen-bond acceptors (Lipinski definition) is 4. The Balaban J connectivity index is 2.94. The number of carbonyl (C=O) groups excluding carboxylic acids is 1. The van der Waals surface area contributed by atoms with Gasteiger partial charge >= 0.3 is 5.97 Å². The highest BCUT2D eigenvalue weighted by atomic mass is 16.5. The average Bonchev–Trinajstić information content (AvgIpc) is 2.28. The van der Waals surface area contributed by atoms with Crippen LogP contribution in [0.15, 0.2) is 18.2 Å². The van der Waals surface area contributed by atoms with Gasteiger partial charge in [-0.05, 0) is 31.5 Å². The molecule has 1 rings (SSSR count). The normalized spacial score (nSPS) is 11.6. The Kier molecular flexibility index (Phi) is 3.90. The molecule has 0 heterocycles. The lowest BCUT2D eigenvalue weighted by molar-refractivity contribution is -0.144. The van der Waals surface area contributed by atoms with Crippen LogP contribution < -0.4 is 0 Å². The number of hydrogen-bond donors (Lipinski definition) is 1. The standard InChI is InChI=1S/C12H13NO3/c1-3-16-12(15)8(2)9-4-5-10(7-13)11(14)6-9/h4-6,8,14H,3H2,1-2H3. The first-order valence-corrected chi connectivity index (χ1v) is 4.99. The van der Waals surface area contributed by atoms with E-state index in [1.165, 1.54) is 12.1 Å². The second-order valence-electron chi connectivity index (χ2n) is 3.36. The minimum absolute atomic E-state index is 0.115. The van der Waals surface area contributed by atoms with E-state index >= 15 is 0 Å². The quantitative estimate of drug-likeness (QED) is 0.788. The van der Waals surface area contributed by atoms with Gasteiger partial charge in [-0.2, -0.15) is 5.26 Å². The molecule has 0 aliphatic rings. The molecule has 0 amide bonds. The van der Waals surface area contributed by atoms with Crippen molar-refractivity contribution in [1.29, 1.82) is 5.26 Å². The number of phenols is 1. The van der Waals surface area contributed by atoms with E-state index in [-0.39, 0.29) is 17.3 Å². The molecule has 0 aliphatic carbocycles. The van der Waals surface area contributed by atoms with Crippen LogP contribution in [-0.4, -0.2) is 17.7 Å². The summed E-state index contributed by atoms with van der Waals surface area (Å²) in [4.78, 5) is 11.4. The summed E-state index contributed by atoms with van der Waals surface area (Å²) >= 11 is 0. The Morgan fingerprint density at radius 1 is 1.62 bits per heavy atom. The summed E-state index contributed by atoms with van der Waals surface area (Å²) in [5, 5.41) is 18.1. The van der Waals surface area contributed by atoms with Gasteiger partial charge in [-0.1, -0.05) is 6.07 Å². The van der Waals surface area contributed by atoms with Crippen LogP contribution in [-0.2, 0) is 9.53 Å². The maximum atomic E-state index is 11.4. The Morgan fingerprint density at radius 3 is 2.81 bits per heavy atom. The molecule has 4 heteroatoms. The number of esters is 1. The van der Waals surface area contributed by atoms with Gasteiger partial charge in [-0.25, -0.2) is 0 Å². The monoisotopic (exact) mass is 219 g/mol. The lowest BCUT2D eigenvalue weighted by Gasteiger charge is -2.11. The first kappa shape index (κ1) is 12.1. The lowest BCUT2D eigenvalue weighted by Crippen LogP contribution is -2.12. The van der Waals surface area contributed by atoms with Gasteiger partial charge in [-0.15, -0.1) is 0 Å². The van der Waals surface area contributed by atoms with Crippen molar-refractivity contribution in [1.82, 2.24) is 0 Å². The molecule has 0 radical (unpaired) electrons. The predicted molar refractivity (Wildman–Crippen MR) is 57.9 cm³/mol. The fourth-order valence-electron chi connectivity index (χ4n) is 1.32. The number of nitrogens with zero attached hydrogens (tertiary/aromatic N) is 1. The molecule has 4 nitrogen and oxygen atoms in total. The fraction of sp³-hybridized carbons (Fsp3) is 0.333. The summed E-state index contributed by atoms with van der Waals surface area (Å²) in [6.07, 6.45) is 0. The van der Waals surface area contributed by atoms with Crippen molar-refractivity contribution in [3.63, 3.8) is 0 Å². The molecule has 1 unspecified atom stereocenters. The molecule has 84 valence electrons. The van der Waals surface area contributed by atoms with E-state index < -0.39 is 5.92 Å². The summed E-state index contributed by atoms with van der Waals surface area (Å²) in [7, 11) is 0. The maximum Gasteiger partial charge on any atom is 0.313 e. The van der Waals surface area contributed by atoms with Crippen molar-refractivity contribution in [3.05, 3.63) is 29.3 Å². The molecule has 1 aromatic carbocycles. The molecule has 0 fully saturated rings. The largest absolute Gasteiger partial charge is 0.507 e. The maximum absolute atomic E-state index is 11.4. The summed E-state index contributed by atoms with van der Waals surface area (Å²) in [5.41, 5.74) is 0.828. The third-order valence-corrected chi connectivity index (χ3v) is 2.28. The molecule has 1 atom stereocenters. The zero-order valence-corrected chi connectivity index (χ0v) is 9.23. The molecule has 16 heavy (non-hydrogen) atoms. The fourth-order valence-corrected chi connectivity index (χ4v) is 1.32. The molecule has 0 spiro atoms. The minimum atomic E-state index is -0.446. The highest BCUT2D eigenvalue weighted by molar-refractivity contribution is 5.78. The zero-order chi connectivity index (χ0) is 12.1. The van der Waals surface area contributed by atoms with E-state index in [0.717, 1.165) is 0 Å². The predicted octanol–water partition coefficient (Wildman–Crippen LogP) is 1.93. The van der Waals surface area contributed by atoms with Crippen molar-refractivity contribution in [2.75, 3.05) is 6.61 Å². The third kappa shape index (κ3) is 2.51. The highest BCUT2D eigenvalue weighted by Gasteiger charge is 2.17. The number of carbonyl (C=O) groups is 1. The number of ether oxygens (including phenoxy) is 1. The van der Waals surface area contributed by atoms with Crippen molar-refractivity contribution < 1.29 is 14.6 Å². The van der Waals surface area contributed by atoms with Gasteiger partial charge in [0, 0.05) is 0 Å². The molecular weight excluding hydrogens is 206 g/mol. The van der Waals surface area contributed by atoms with E-state index in [2.05, 4.69) is 0 Å². The van der Waals surface area contributed by atoms with E-state index in [0.29, 0.717) is 12.2 Å². The van der Waals surface area contributed by atoms with Crippen LogP contribution in [0.1, 0.15) is 30.9 Å². The summed E-state index contributed by atoms with van der Waals surface area (Å²) in [6.45, 7) is 3.76. The van der Waals surface area contributed by atoms with Gasteiger partial charge in [0.25, 0.3) is 0 Å². The first-order chi connectivity index (χ1) is 7.60. The topological polar surface area (TPSA) is 70.3 Å². The Morgan fingerprint density at radius 2 is 2.31 bits per heavy atom. The molecule has 0 aromatic heterocycles. The number of nitriles is 1. The summed E-state index contributed by atoms with van der Waals surface area (Å²) < 4.78 is 4.87. The van der Waals surface area contributed by atoms with Crippen LogP contribution in [0.2, 0.25) is 0 Å².